The summed E-state index contributed by atoms with van der Waals surface area (Å²) in [6.45, 7) is 2.73. The molecule has 8 N–H and O–H groups in total. The van der Waals surface area contributed by atoms with E-state index in [0.29, 0.717) is 43.9 Å². The molecule has 1 saturated heterocycles. The highest BCUT2D eigenvalue weighted by Crippen LogP contribution is 2.31. The number of amides is 2. The zero-order chi connectivity index (χ0) is 30.9. The Bertz CT molecular complexity index is 1650. The molecule has 2 aromatic rings. The van der Waals surface area contributed by atoms with Crippen molar-refractivity contribution in [2.75, 3.05) is 19.6 Å². The normalized spacial score (nSPS) is 20.1. The predicted molar refractivity (Wildman–Crippen MR) is 155 cm³/mol. The van der Waals surface area contributed by atoms with Gasteiger partial charge < -0.3 is 21.9 Å². The summed E-state index contributed by atoms with van der Waals surface area (Å²) in [5.41, 5.74) is 0.151. The molecule has 2 amide bonds. The smallest absolute Gasteiger partial charge is 0.284 e. The molecule has 1 unspecified atom stereocenters. The number of rotatable bonds is 5. The van der Waals surface area contributed by atoms with Crippen molar-refractivity contribution < 1.29 is 9.59 Å². The number of carbonyl (C=O) groups excluding carboxylic acids is 2. The number of hydrogen-bond acceptors (Lipinski definition) is 12. The summed E-state index contributed by atoms with van der Waals surface area (Å²) in [6, 6.07) is 9.13. The molecular weight excluding hydrogens is 582 g/mol. The molecule has 19 heteroatoms. The number of para-hydroxylation sites is 1. The largest absolute Gasteiger partial charge is 0.338 e. The van der Waals surface area contributed by atoms with Crippen molar-refractivity contribution in [1.29, 1.82) is 0 Å². The van der Waals surface area contributed by atoms with Crippen LogP contribution in [0.2, 0.25) is 0 Å². The molecule has 0 aliphatic carbocycles. The predicted octanol–water partition coefficient (Wildman–Crippen LogP) is -0.492. The number of hydrogen-bond donors (Lipinski definition) is 5. The van der Waals surface area contributed by atoms with E-state index in [2.05, 4.69) is 36.3 Å². The summed E-state index contributed by atoms with van der Waals surface area (Å²) >= 11 is 6.09. The van der Waals surface area contributed by atoms with E-state index in [1.165, 1.54) is 9.69 Å². The van der Waals surface area contributed by atoms with Crippen molar-refractivity contribution >= 4 is 35.1 Å². The second kappa shape index (κ2) is 11.6. The Morgan fingerprint density at radius 2 is 1.86 bits per heavy atom. The molecule has 5 rings (SSSR count). The monoisotopic (exact) mass is 611 g/mol. The number of likely N-dealkylation sites (tertiary alicyclic amines) is 1. The fraction of sp³-hybridized carbons (Fsp3) is 0.375. The van der Waals surface area contributed by atoms with Gasteiger partial charge >= 0.3 is 0 Å². The first-order valence-electron chi connectivity index (χ1n) is 13.1. The number of nitrogens with two attached hydrogens (primary N) is 3. The summed E-state index contributed by atoms with van der Waals surface area (Å²) in [5, 5.41) is 20.2. The van der Waals surface area contributed by atoms with Crippen LogP contribution >= 0.6 is 11.6 Å². The van der Waals surface area contributed by atoms with Gasteiger partial charge in [0.15, 0.2) is 22.9 Å². The molecule has 1 fully saturated rings. The molecule has 4 heterocycles. The first kappa shape index (κ1) is 29.4. The quantitative estimate of drug-likeness (QED) is 0.127. The lowest BCUT2D eigenvalue weighted by Gasteiger charge is -2.37. The van der Waals surface area contributed by atoms with Gasteiger partial charge in [-0.1, -0.05) is 40.2 Å². The van der Waals surface area contributed by atoms with Crippen LogP contribution < -0.4 is 33.7 Å². The molecule has 226 valence electrons. The number of aromatic nitrogens is 2. The van der Waals surface area contributed by atoms with Crippen LogP contribution in [0.15, 0.2) is 76.8 Å². The molecule has 0 radical (unpaired) electrons. The highest BCUT2D eigenvalue weighted by Gasteiger charge is 2.44. The lowest BCUT2D eigenvalue weighted by molar-refractivity contribution is -0.113. The molecule has 18 nitrogen and oxygen atoms in total. The van der Waals surface area contributed by atoms with Crippen molar-refractivity contribution in [3.63, 3.8) is 0 Å². The van der Waals surface area contributed by atoms with Crippen LogP contribution in [0, 0.1) is 6.92 Å². The Morgan fingerprint density at radius 3 is 2.51 bits per heavy atom. The Balaban J connectivity index is 1.30. The van der Waals surface area contributed by atoms with E-state index >= 15 is 0 Å². The fourth-order valence-corrected chi connectivity index (χ4v) is 5.46. The Hall–Kier alpha value is -5.10. The van der Waals surface area contributed by atoms with Gasteiger partial charge in [0.05, 0.1) is 23.5 Å². The Kier molecular flexibility index (Phi) is 7.96. The number of hydrazine groups is 1. The van der Waals surface area contributed by atoms with Gasteiger partial charge in [-0.3, -0.25) is 29.4 Å². The van der Waals surface area contributed by atoms with Crippen LogP contribution in [0.4, 0.5) is 0 Å². The van der Waals surface area contributed by atoms with E-state index < -0.39 is 17.6 Å². The van der Waals surface area contributed by atoms with Gasteiger partial charge in [0.2, 0.25) is 5.96 Å². The first-order valence-corrected chi connectivity index (χ1v) is 13.5. The second-order valence-electron chi connectivity index (χ2n) is 10.1. The van der Waals surface area contributed by atoms with Gasteiger partial charge in [0, 0.05) is 20.1 Å². The third-order valence-electron chi connectivity index (χ3n) is 7.57. The van der Waals surface area contributed by atoms with Gasteiger partial charge in [-0.25, -0.2) is 20.5 Å². The lowest BCUT2D eigenvalue weighted by atomic mass is 9.88. The third kappa shape index (κ3) is 5.44. The van der Waals surface area contributed by atoms with Crippen LogP contribution in [0.3, 0.4) is 0 Å². The number of carbonyl (C=O) groups is 2. The molecule has 43 heavy (non-hydrogen) atoms. The van der Waals surface area contributed by atoms with E-state index in [-0.39, 0.29) is 39.7 Å². The molecule has 1 spiro atoms. The minimum atomic E-state index is -1.13. The van der Waals surface area contributed by atoms with E-state index in [0.717, 1.165) is 0 Å². The van der Waals surface area contributed by atoms with E-state index in [4.69, 9.17) is 34.1 Å². The Labute approximate surface area is 249 Å². The van der Waals surface area contributed by atoms with E-state index in [1.54, 1.807) is 23.6 Å². The lowest BCUT2D eigenvalue weighted by Crippen LogP contribution is -2.52. The molecule has 3 aliphatic rings. The average molecular weight is 612 g/mol. The van der Waals surface area contributed by atoms with E-state index in [9.17, 15) is 14.4 Å². The number of piperidine rings is 1. The maximum Gasteiger partial charge on any atom is 0.284 e. The fourth-order valence-electron chi connectivity index (χ4n) is 5.28. The van der Waals surface area contributed by atoms with Crippen LogP contribution in [0.25, 0.3) is 5.69 Å². The van der Waals surface area contributed by atoms with Crippen molar-refractivity contribution in [2.24, 2.45) is 55.2 Å². The van der Waals surface area contributed by atoms with Crippen LogP contribution in [0.5, 0.6) is 0 Å². The van der Waals surface area contributed by atoms with Crippen LogP contribution in [-0.2, 0) is 11.8 Å². The molecule has 3 aliphatic heterocycles. The first-order chi connectivity index (χ1) is 20.6. The highest BCUT2D eigenvalue weighted by atomic mass is 35.5. The summed E-state index contributed by atoms with van der Waals surface area (Å²) in [5.74, 6) is 15.5. The van der Waals surface area contributed by atoms with Gasteiger partial charge in [-0.15, -0.1) is 10.2 Å². The van der Waals surface area contributed by atoms with Gasteiger partial charge in [0.25, 0.3) is 17.4 Å². The number of nitrogens with one attached hydrogen (secondary N) is 2. The van der Waals surface area contributed by atoms with Gasteiger partial charge in [-0.2, -0.15) is 0 Å². The number of aliphatic imine (C=N–C) groups is 2. The number of halogens is 1. The maximum atomic E-state index is 13.6. The molecule has 0 saturated carbocycles. The van der Waals surface area contributed by atoms with Crippen LogP contribution in [-0.4, -0.2) is 74.1 Å². The minimum Gasteiger partial charge on any atom is -0.338 e. The van der Waals surface area contributed by atoms with Gasteiger partial charge in [0.1, 0.15) is 5.56 Å². The number of nitrogens with zero attached hydrogens (tertiary/aromatic N) is 10. The molecule has 1 aromatic heterocycles. The van der Waals surface area contributed by atoms with Crippen molar-refractivity contribution in [3.8, 4) is 5.69 Å². The average Bonchev–Trinajstić information content (AvgIpc) is 3.40. The topological polar surface area (TPSA) is 244 Å². The van der Waals surface area contributed by atoms with Crippen LogP contribution in [0.1, 0.15) is 28.9 Å². The third-order valence-corrected chi connectivity index (χ3v) is 7.84. The zero-order valence-electron chi connectivity index (χ0n) is 23.3. The summed E-state index contributed by atoms with van der Waals surface area (Å²) in [6.07, 6.45) is -0.213. The number of benzene rings is 1. The standard InChI is InChI=1S/C24H30ClN15O3/c1-13-15(22(43)40(37(13)2)14-6-4-3-5-7-14)21(42)38-10-8-24(9-11-38)12-39(28)23(32-24)31-20(41)16-18(33-35-26)30-19(34-36-27)17(25)29-16/h3-7,18,30H,8-12,28H2,1-2H3,(H2,26,33)(H2,27,34)(H,31,32,41). The van der Waals surface area contributed by atoms with Gasteiger partial charge in [-0.05, 0) is 31.9 Å². The van der Waals surface area contributed by atoms with Crippen molar-refractivity contribution in [2.45, 2.75) is 31.5 Å². The maximum absolute atomic E-state index is 13.6. The highest BCUT2D eigenvalue weighted by molar-refractivity contribution is 6.45. The SMILES string of the molecule is Cc1c(C(=O)N2CCC3(CC2)CN(N)C(NC(=O)C2=NC(Cl)=C(N=NN)NC2N=NN)=N3)c(=O)n(-c2ccccc2)n1C. The molecule has 0 bridgehead atoms. The molecule has 1 atom stereocenters. The molecular formula is C24H30ClN15O3. The Morgan fingerprint density at radius 1 is 1.16 bits per heavy atom. The van der Waals surface area contributed by atoms with Crippen molar-refractivity contribution in [3.05, 3.63) is 62.9 Å². The second-order valence-corrected chi connectivity index (χ2v) is 10.5. The summed E-state index contributed by atoms with van der Waals surface area (Å²) in [7, 11) is 1.75. The zero-order valence-corrected chi connectivity index (χ0v) is 24.1. The number of guanidine groups is 1. The summed E-state index contributed by atoms with van der Waals surface area (Å²) in [4.78, 5) is 50.4. The summed E-state index contributed by atoms with van der Waals surface area (Å²) < 4.78 is 3.16. The van der Waals surface area contributed by atoms with E-state index in [1.807, 2.05) is 30.3 Å². The molecule has 1 aromatic carbocycles. The van der Waals surface area contributed by atoms with Crippen molar-refractivity contribution in [1.82, 2.24) is 29.9 Å². The minimum absolute atomic E-state index is 0.0262.